The van der Waals surface area contributed by atoms with Gasteiger partial charge in [0, 0.05) is 25.0 Å². The zero-order valence-corrected chi connectivity index (χ0v) is 15.6. The van der Waals surface area contributed by atoms with Crippen LogP contribution in [-0.2, 0) is 4.74 Å². The summed E-state index contributed by atoms with van der Waals surface area (Å²) in [6.07, 6.45) is 1.67. The normalized spacial score (nSPS) is 14.1. The number of fused-ring (bicyclic) bond motifs is 1. The van der Waals surface area contributed by atoms with Gasteiger partial charge in [-0.3, -0.25) is 9.78 Å². The van der Waals surface area contributed by atoms with Gasteiger partial charge in [-0.25, -0.2) is 0 Å². The molecule has 1 saturated heterocycles. The Morgan fingerprint density at radius 3 is 2.75 bits per heavy atom. The van der Waals surface area contributed by atoms with Crippen LogP contribution < -0.4 is 15.0 Å². The molecule has 1 aromatic heterocycles. The van der Waals surface area contributed by atoms with Crippen LogP contribution in [0.3, 0.4) is 0 Å². The van der Waals surface area contributed by atoms with Gasteiger partial charge in [-0.15, -0.1) is 0 Å². The molecule has 1 fully saturated rings. The van der Waals surface area contributed by atoms with E-state index in [1.807, 2.05) is 42.5 Å². The van der Waals surface area contributed by atoms with Crippen LogP contribution in [0.2, 0.25) is 0 Å². The number of amides is 1. The van der Waals surface area contributed by atoms with Crippen LogP contribution in [-0.4, -0.2) is 50.3 Å². The summed E-state index contributed by atoms with van der Waals surface area (Å²) in [5, 5.41) is 5.17. The van der Waals surface area contributed by atoms with Crippen molar-refractivity contribution in [2.45, 2.75) is 0 Å². The minimum absolute atomic E-state index is 0.197. The van der Waals surface area contributed by atoms with Crippen LogP contribution in [0.4, 0.5) is 5.69 Å². The van der Waals surface area contributed by atoms with E-state index in [1.54, 1.807) is 6.20 Å². The largest absolute Gasteiger partial charge is 0.492 e. The van der Waals surface area contributed by atoms with E-state index in [-0.39, 0.29) is 5.91 Å². The topological polar surface area (TPSA) is 63.7 Å². The monoisotopic (exact) mass is 377 g/mol. The van der Waals surface area contributed by atoms with Crippen molar-refractivity contribution in [3.63, 3.8) is 0 Å². The van der Waals surface area contributed by atoms with E-state index < -0.39 is 0 Å². The maximum absolute atomic E-state index is 12.4. The second-order valence-electron chi connectivity index (χ2n) is 6.61. The molecule has 0 atom stereocenters. The first kappa shape index (κ1) is 18.3. The summed E-state index contributed by atoms with van der Waals surface area (Å²) in [4.78, 5) is 18.8. The van der Waals surface area contributed by atoms with E-state index in [2.05, 4.69) is 27.3 Å². The molecule has 0 bridgehead atoms. The predicted molar refractivity (Wildman–Crippen MR) is 109 cm³/mol. The van der Waals surface area contributed by atoms with Gasteiger partial charge < -0.3 is 19.7 Å². The van der Waals surface area contributed by atoms with Crippen LogP contribution in [0.5, 0.6) is 5.75 Å². The summed E-state index contributed by atoms with van der Waals surface area (Å²) < 4.78 is 11.1. The number of nitrogens with zero attached hydrogens (tertiary/aromatic N) is 2. The summed E-state index contributed by atoms with van der Waals surface area (Å²) in [7, 11) is 0. The first-order valence-corrected chi connectivity index (χ1v) is 9.48. The molecule has 1 N–H and O–H groups in total. The number of benzene rings is 2. The maximum atomic E-state index is 12.4. The fraction of sp³-hybridized carbons (Fsp3) is 0.273. The summed E-state index contributed by atoms with van der Waals surface area (Å²) in [6.45, 7) is 3.86. The Morgan fingerprint density at radius 1 is 1.07 bits per heavy atom. The smallest absolute Gasteiger partial charge is 0.270 e. The fourth-order valence-corrected chi connectivity index (χ4v) is 3.24. The molecule has 1 aliphatic rings. The number of carbonyl (C=O) groups excluding carboxylic acids is 1. The molecule has 0 aliphatic carbocycles. The van der Waals surface area contributed by atoms with Crippen molar-refractivity contribution in [1.29, 1.82) is 0 Å². The summed E-state index contributed by atoms with van der Waals surface area (Å²) in [5.74, 6) is 0.595. The van der Waals surface area contributed by atoms with Gasteiger partial charge in [-0.1, -0.05) is 30.3 Å². The number of morpholine rings is 1. The third-order valence-corrected chi connectivity index (χ3v) is 4.73. The number of rotatable bonds is 6. The molecule has 1 amide bonds. The van der Waals surface area contributed by atoms with Crippen LogP contribution >= 0.6 is 0 Å². The van der Waals surface area contributed by atoms with Gasteiger partial charge in [0.25, 0.3) is 5.91 Å². The molecule has 144 valence electrons. The van der Waals surface area contributed by atoms with E-state index in [1.165, 1.54) is 5.39 Å². The lowest BCUT2D eigenvalue weighted by molar-refractivity contribution is 0.0942. The Hall–Kier alpha value is -3.12. The molecule has 0 unspecified atom stereocenters. The highest BCUT2D eigenvalue weighted by molar-refractivity contribution is 5.93. The molecule has 2 aromatic carbocycles. The zero-order valence-electron chi connectivity index (χ0n) is 15.6. The van der Waals surface area contributed by atoms with Crippen LogP contribution in [0.1, 0.15) is 10.5 Å². The SMILES string of the molecule is O=C(NCCOc1ccc2ccccc2c1)c1cc(N2CCOCC2)ccn1. The average molecular weight is 377 g/mol. The molecular weight excluding hydrogens is 354 g/mol. The quantitative estimate of drug-likeness (QED) is 0.669. The average Bonchev–Trinajstić information content (AvgIpc) is 2.77. The number of nitrogens with one attached hydrogen (secondary N) is 1. The third-order valence-electron chi connectivity index (χ3n) is 4.73. The molecule has 6 heteroatoms. The Bertz CT molecular complexity index is 954. The minimum atomic E-state index is -0.197. The first-order chi connectivity index (χ1) is 13.8. The lowest BCUT2D eigenvalue weighted by atomic mass is 10.1. The number of anilines is 1. The fourth-order valence-electron chi connectivity index (χ4n) is 3.24. The number of pyridine rings is 1. The van der Waals surface area contributed by atoms with Crippen LogP contribution in [0.25, 0.3) is 10.8 Å². The van der Waals surface area contributed by atoms with Gasteiger partial charge in [0.1, 0.15) is 18.1 Å². The van der Waals surface area contributed by atoms with E-state index in [0.29, 0.717) is 32.1 Å². The molecule has 0 saturated carbocycles. The number of ether oxygens (including phenoxy) is 2. The van der Waals surface area contributed by atoms with E-state index in [4.69, 9.17) is 9.47 Å². The van der Waals surface area contributed by atoms with Gasteiger partial charge in [0.15, 0.2) is 0 Å². The standard InChI is InChI=1S/C22H23N3O3/c26-22(21-16-19(7-8-23-21)25-10-13-27-14-11-25)24-9-12-28-20-6-5-17-3-1-2-4-18(17)15-20/h1-8,15-16H,9-14H2,(H,24,26). The van der Waals surface area contributed by atoms with Crippen molar-refractivity contribution in [3.05, 3.63) is 66.5 Å². The number of aromatic nitrogens is 1. The van der Waals surface area contributed by atoms with Crippen LogP contribution in [0.15, 0.2) is 60.8 Å². The number of hydrogen-bond donors (Lipinski definition) is 1. The van der Waals surface area contributed by atoms with Crippen molar-refractivity contribution in [2.75, 3.05) is 44.4 Å². The molecule has 2 heterocycles. The summed E-state index contributed by atoms with van der Waals surface area (Å²) in [6, 6.07) is 17.9. The first-order valence-electron chi connectivity index (χ1n) is 9.48. The molecule has 0 radical (unpaired) electrons. The second-order valence-corrected chi connectivity index (χ2v) is 6.61. The minimum Gasteiger partial charge on any atom is -0.492 e. The molecule has 28 heavy (non-hydrogen) atoms. The lowest BCUT2D eigenvalue weighted by Gasteiger charge is -2.28. The predicted octanol–water partition coefficient (Wildman–Crippen LogP) is 2.88. The molecule has 3 aromatic rings. The van der Waals surface area contributed by atoms with Gasteiger partial charge >= 0.3 is 0 Å². The van der Waals surface area contributed by atoms with Crippen molar-refractivity contribution in [2.24, 2.45) is 0 Å². The second kappa shape index (κ2) is 8.71. The Kier molecular flexibility index (Phi) is 5.68. The maximum Gasteiger partial charge on any atom is 0.270 e. The van der Waals surface area contributed by atoms with Crippen LogP contribution in [0, 0.1) is 0 Å². The molecule has 0 spiro atoms. The van der Waals surface area contributed by atoms with Crippen molar-refractivity contribution in [1.82, 2.24) is 10.3 Å². The number of hydrogen-bond acceptors (Lipinski definition) is 5. The van der Waals surface area contributed by atoms with Crippen molar-refractivity contribution >= 4 is 22.4 Å². The highest BCUT2D eigenvalue weighted by Gasteiger charge is 2.14. The molecule has 1 aliphatic heterocycles. The summed E-state index contributed by atoms with van der Waals surface area (Å²) in [5.41, 5.74) is 1.41. The molecule has 4 rings (SSSR count). The lowest BCUT2D eigenvalue weighted by Crippen LogP contribution is -2.36. The van der Waals surface area contributed by atoms with Gasteiger partial charge in [-0.2, -0.15) is 0 Å². The molecular formula is C22H23N3O3. The van der Waals surface area contributed by atoms with Gasteiger partial charge in [0.2, 0.25) is 0 Å². The van der Waals surface area contributed by atoms with E-state index >= 15 is 0 Å². The van der Waals surface area contributed by atoms with E-state index in [9.17, 15) is 4.79 Å². The zero-order chi connectivity index (χ0) is 19.2. The number of carbonyl (C=O) groups is 1. The van der Waals surface area contributed by atoms with Crippen molar-refractivity contribution < 1.29 is 14.3 Å². The molecule has 6 nitrogen and oxygen atoms in total. The summed E-state index contributed by atoms with van der Waals surface area (Å²) >= 11 is 0. The Labute approximate surface area is 164 Å². The Morgan fingerprint density at radius 2 is 1.89 bits per heavy atom. The van der Waals surface area contributed by atoms with Gasteiger partial charge in [0.05, 0.1) is 19.8 Å². The van der Waals surface area contributed by atoms with E-state index in [0.717, 1.165) is 29.9 Å². The third kappa shape index (κ3) is 4.40. The van der Waals surface area contributed by atoms with Gasteiger partial charge in [-0.05, 0) is 35.0 Å². The highest BCUT2D eigenvalue weighted by Crippen LogP contribution is 2.20. The van der Waals surface area contributed by atoms with Crippen molar-refractivity contribution in [3.8, 4) is 5.75 Å². The Balaban J connectivity index is 1.29. The highest BCUT2D eigenvalue weighted by atomic mass is 16.5.